The maximum Gasteiger partial charge on any atom is 0.328 e. The summed E-state index contributed by atoms with van der Waals surface area (Å²) in [5.41, 5.74) is -0.626. The number of fused-ring (bicyclic) bond motifs is 1. The predicted molar refractivity (Wildman–Crippen MR) is 76.1 cm³/mol. The number of hydrogen-bond donors (Lipinski definition) is 3. The van der Waals surface area contributed by atoms with E-state index in [1.807, 2.05) is 0 Å². The zero-order valence-corrected chi connectivity index (χ0v) is 11.1. The van der Waals surface area contributed by atoms with Gasteiger partial charge in [0.2, 0.25) is 0 Å². The number of rotatable bonds is 2. The molecule has 1 fully saturated rings. The minimum absolute atomic E-state index is 0.0837. The van der Waals surface area contributed by atoms with Crippen molar-refractivity contribution in [3.05, 3.63) is 39.0 Å². The van der Waals surface area contributed by atoms with Gasteiger partial charge >= 0.3 is 5.69 Å². The molecule has 0 saturated carbocycles. The molecule has 20 heavy (non-hydrogen) atoms. The van der Waals surface area contributed by atoms with Crippen LogP contribution in [0.15, 0.2) is 27.8 Å². The van der Waals surface area contributed by atoms with Crippen LogP contribution in [0.3, 0.4) is 0 Å². The number of aromatic amines is 1. The molecule has 0 spiro atoms. The first-order chi connectivity index (χ1) is 9.66. The molecule has 106 valence electrons. The average Bonchev–Trinajstić information content (AvgIpc) is 2.46. The second-order valence-electron chi connectivity index (χ2n) is 5.19. The van der Waals surface area contributed by atoms with Gasteiger partial charge in [0.25, 0.3) is 5.56 Å². The number of piperidine rings is 1. The number of aromatic nitrogens is 2. The average molecular weight is 275 g/mol. The Morgan fingerprint density at radius 1 is 1.30 bits per heavy atom. The summed E-state index contributed by atoms with van der Waals surface area (Å²) < 4.78 is 1.21. The first-order valence-electron chi connectivity index (χ1n) is 6.85. The smallest absolute Gasteiger partial charge is 0.328 e. The lowest BCUT2D eigenvalue weighted by atomic mass is 10.1. The molecule has 1 atom stereocenters. The van der Waals surface area contributed by atoms with Crippen molar-refractivity contribution in [1.82, 2.24) is 14.9 Å². The molecule has 3 N–H and O–H groups in total. The molecule has 0 aliphatic carbocycles. The molecule has 1 aromatic heterocycles. The SMILES string of the molecule is O=c1[nH]c2c(O)cccc2c(=O)n1CC1CCCCN1. The Kier molecular flexibility index (Phi) is 3.31. The van der Waals surface area contributed by atoms with Crippen LogP contribution in [0, 0.1) is 0 Å². The quantitative estimate of drug-likeness (QED) is 0.746. The summed E-state index contributed by atoms with van der Waals surface area (Å²) >= 11 is 0. The molecule has 1 aromatic carbocycles. The van der Waals surface area contributed by atoms with Gasteiger partial charge in [-0.05, 0) is 31.5 Å². The number of para-hydroxylation sites is 1. The van der Waals surface area contributed by atoms with Gasteiger partial charge in [0.1, 0.15) is 5.75 Å². The molecule has 1 aliphatic rings. The van der Waals surface area contributed by atoms with Gasteiger partial charge in [0.15, 0.2) is 0 Å². The van der Waals surface area contributed by atoms with Crippen LogP contribution in [0.4, 0.5) is 0 Å². The van der Waals surface area contributed by atoms with E-state index in [0.717, 1.165) is 25.8 Å². The Morgan fingerprint density at radius 3 is 2.90 bits per heavy atom. The van der Waals surface area contributed by atoms with E-state index in [1.165, 1.54) is 10.6 Å². The molecule has 0 amide bonds. The van der Waals surface area contributed by atoms with Crippen molar-refractivity contribution < 1.29 is 5.11 Å². The summed E-state index contributed by atoms with van der Waals surface area (Å²) in [6, 6.07) is 4.81. The number of aromatic hydroxyl groups is 1. The highest BCUT2D eigenvalue weighted by atomic mass is 16.3. The summed E-state index contributed by atoms with van der Waals surface area (Å²) in [5, 5.41) is 13.4. The topological polar surface area (TPSA) is 87.1 Å². The number of phenols is 1. The molecule has 2 heterocycles. The molecule has 6 nitrogen and oxygen atoms in total. The van der Waals surface area contributed by atoms with Crippen molar-refractivity contribution in [2.45, 2.75) is 31.8 Å². The lowest BCUT2D eigenvalue weighted by Crippen LogP contribution is -2.44. The summed E-state index contributed by atoms with van der Waals surface area (Å²) in [7, 11) is 0. The van der Waals surface area contributed by atoms with Gasteiger partial charge in [-0.2, -0.15) is 0 Å². The van der Waals surface area contributed by atoms with Gasteiger partial charge < -0.3 is 15.4 Å². The van der Waals surface area contributed by atoms with Crippen LogP contribution in [-0.4, -0.2) is 27.2 Å². The van der Waals surface area contributed by atoms with Crippen molar-refractivity contribution in [2.75, 3.05) is 6.54 Å². The van der Waals surface area contributed by atoms with Gasteiger partial charge in [0.05, 0.1) is 10.9 Å². The highest BCUT2D eigenvalue weighted by molar-refractivity contribution is 5.82. The van der Waals surface area contributed by atoms with Gasteiger partial charge in [-0.25, -0.2) is 4.79 Å². The fraction of sp³-hybridized carbons (Fsp3) is 0.429. The summed E-state index contributed by atoms with van der Waals surface area (Å²) in [4.78, 5) is 27.0. The lowest BCUT2D eigenvalue weighted by Gasteiger charge is -2.23. The third-order valence-corrected chi connectivity index (χ3v) is 3.81. The zero-order chi connectivity index (χ0) is 14.1. The van der Waals surface area contributed by atoms with Gasteiger partial charge in [-0.15, -0.1) is 0 Å². The first-order valence-corrected chi connectivity index (χ1v) is 6.85. The third kappa shape index (κ3) is 2.22. The van der Waals surface area contributed by atoms with Crippen molar-refractivity contribution in [1.29, 1.82) is 0 Å². The van der Waals surface area contributed by atoms with E-state index in [-0.39, 0.29) is 22.9 Å². The Bertz CT molecular complexity index is 741. The van der Waals surface area contributed by atoms with Crippen LogP contribution in [0.25, 0.3) is 10.9 Å². The Morgan fingerprint density at radius 2 is 2.15 bits per heavy atom. The van der Waals surface area contributed by atoms with E-state index in [0.29, 0.717) is 11.9 Å². The Hall–Kier alpha value is -2.08. The van der Waals surface area contributed by atoms with E-state index in [1.54, 1.807) is 12.1 Å². The van der Waals surface area contributed by atoms with E-state index in [2.05, 4.69) is 10.3 Å². The number of nitrogens with one attached hydrogen (secondary N) is 2. The van der Waals surface area contributed by atoms with Crippen LogP contribution in [0.2, 0.25) is 0 Å². The van der Waals surface area contributed by atoms with Crippen LogP contribution in [0.1, 0.15) is 19.3 Å². The molecular formula is C14H17N3O3. The number of nitrogens with zero attached hydrogens (tertiary/aromatic N) is 1. The molecule has 6 heteroatoms. The molecule has 1 saturated heterocycles. The van der Waals surface area contributed by atoms with Gasteiger partial charge in [-0.1, -0.05) is 12.5 Å². The van der Waals surface area contributed by atoms with Crippen LogP contribution >= 0.6 is 0 Å². The Balaban J connectivity index is 2.07. The second kappa shape index (κ2) is 5.13. The van der Waals surface area contributed by atoms with Gasteiger partial charge in [-0.3, -0.25) is 9.36 Å². The summed E-state index contributed by atoms with van der Waals surface area (Å²) in [6.07, 6.45) is 3.20. The minimum atomic E-state index is -0.476. The van der Waals surface area contributed by atoms with Gasteiger partial charge in [0, 0.05) is 12.6 Å². The Labute approximate surface area is 115 Å². The lowest BCUT2D eigenvalue weighted by molar-refractivity contribution is 0.355. The van der Waals surface area contributed by atoms with Crippen molar-refractivity contribution in [3.8, 4) is 5.75 Å². The number of hydrogen-bond acceptors (Lipinski definition) is 4. The molecule has 3 rings (SSSR count). The summed E-state index contributed by atoms with van der Waals surface area (Å²) in [6.45, 7) is 1.28. The highest BCUT2D eigenvalue weighted by Crippen LogP contribution is 2.17. The minimum Gasteiger partial charge on any atom is -0.506 e. The second-order valence-corrected chi connectivity index (χ2v) is 5.19. The van der Waals surface area contributed by atoms with Crippen molar-refractivity contribution in [2.24, 2.45) is 0 Å². The largest absolute Gasteiger partial charge is 0.506 e. The summed E-state index contributed by atoms with van der Waals surface area (Å²) in [5.74, 6) is -0.0837. The van der Waals surface area contributed by atoms with E-state index in [4.69, 9.17) is 0 Å². The molecule has 0 bridgehead atoms. The fourth-order valence-electron chi connectivity index (χ4n) is 2.73. The van der Waals surface area contributed by atoms with Crippen molar-refractivity contribution in [3.63, 3.8) is 0 Å². The van der Waals surface area contributed by atoms with Crippen LogP contribution < -0.4 is 16.6 Å². The van der Waals surface area contributed by atoms with E-state index >= 15 is 0 Å². The normalized spacial score (nSPS) is 19.3. The maximum absolute atomic E-state index is 12.4. The number of H-pyrrole nitrogens is 1. The van der Waals surface area contributed by atoms with Crippen LogP contribution in [-0.2, 0) is 6.54 Å². The fourth-order valence-corrected chi connectivity index (χ4v) is 2.73. The molecule has 1 unspecified atom stereocenters. The molecule has 1 aliphatic heterocycles. The van der Waals surface area contributed by atoms with Crippen LogP contribution in [0.5, 0.6) is 5.75 Å². The van der Waals surface area contributed by atoms with E-state index in [9.17, 15) is 14.7 Å². The van der Waals surface area contributed by atoms with E-state index < -0.39 is 5.69 Å². The number of phenolic OH excluding ortho intramolecular Hbond substituents is 1. The third-order valence-electron chi connectivity index (χ3n) is 3.81. The standard InChI is InChI=1S/C14H17N3O3/c18-11-6-3-5-10-12(11)16-14(20)17(13(10)19)8-9-4-1-2-7-15-9/h3,5-6,9,15,18H,1-2,4,7-8H2,(H,16,20). The van der Waals surface area contributed by atoms with Crippen molar-refractivity contribution >= 4 is 10.9 Å². The predicted octanol–water partition coefficient (Wildman–Crippen LogP) is 0.537. The highest BCUT2D eigenvalue weighted by Gasteiger charge is 2.16. The first kappa shape index (κ1) is 12.9. The molecule has 2 aromatic rings. The maximum atomic E-state index is 12.4. The monoisotopic (exact) mass is 275 g/mol. The zero-order valence-electron chi connectivity index (χ0n) is 11.1. The molecular weight excluding hydrogens is 258 g/mol. The number of benzene rings is 1. The molecule has 0 radical (unpaired) electrons.